The first-order valence-electron chi connectivity index (χ1n) is 5.14. The lowest BCUT2D eigenvalue weighted by atomic mass is 9.99. The monoisotopic (exact) mass is 223 g/mol. The second-order valence-electron chi connectivity index (χ2n) is 3.81. The zero-order valence-electron chi connectivity index (χ0n) is 8.67. The van der Waals surface area contributed by atoms with Crippen molar-refractivity contribution in [3.05, 3.63) is 29.3 Å². The Bertz CT molecular complexity index is 437. The number of nitriles is 1. The van der Waals surface area contributed by atoms with Crippen LogP contribution in [0, 0.1) is 11.3 Å². The van der Waals surface area contributed by atoms with Crippen LogP contribution in [0.1, 0.15) is 24.0 Å². The molecule has 0 N–H and O–H groups in total. The Balaban J connectivity index is 2.33. The Morgan fingerprint density at radius 3 is 3.00 bits per heavy atom. The van der Waals surface area contributed by atoms with Crippen molar-refractivity contribution in [3.63, 3.8) is 0 Å². The summed E-state index contributed by atoms with van der Waals surface area (Å²) in [5.74, 6) is -2.39. The van der Waals surface area contributed by atoms with Gasteiger partial charge in [-0.2, -0.15) is 5.26 Å². The Kier molecular flexibility index (Phi) is 2.78. The molecule has 0 radical (unpaired) electrons. The molecular weight excluding hydrogens is 212 g/mol. The standard InChI is InChI=1S/C12H11F2NO/c13-12(14,5-6-15)10-3-4-11-9(8-10)2-1-7-16-11/h3-4,8H,1-2,5,7H2. The number of hydrogen-bond acceptors (Lipinski definition) is 2. The van der Waals surface area contributed by atoms with Crippen LogP contribution in [-0.2, 0) is 12.3 Å². The van der Waals surface area contributed by atoms with E-state index in [9.17, 15) is 8.78 Å². The highest BCUT2D eigenvalue weighted by Gasteiger charge is 2.32. The summed E-state index contributed by atoms with van der Waals surface area (Å²) in [6.45, 7) is 0.640. The molecular formula is C12H11F2NO. The maximum atomic E-state index is 13.5. The molecule has 1 aliphatic rings. The Labute approximate surface area is 92.5 Å². The van der Waals surface area contributed by atoms with Gasteiger partial charge in [0.1, 0.15) is 12.2 Å². The Morgan fingerprint density at radius 2 is 2.25 bits per heavy atom. The molecule has 1 aromatic rings. The van der Waals surface area contributed by atoms with Gasteiger partial charge in [-0.1, -0.05) is 0 Å². The zero-order chi connectivity index (χ0) is 11.6. The summed E-state index contributed by atoms with van der Waals surface area (Å²) < 4.78 is 32.3. The second kappa shape index (κ2) is 4.09. The van der Waals surface area contributed by atoms with Gasteiger partial charge in [0.2, 0.25) is 0 Å². The summed E-state index contributed by atoms with van der Waals surface area (Å²) in [4.78, 5) is 0. The smallest absolute Gasteiger partial charge is 0.286 e. The van der Waals surface area contributed by atoms with E-state index in [1.54, 1.807) is 6.07 Å². The third-order valence-corrected chi connectivity index (χ3v) is 2.63. The van der Waals surface area contributed by atoms with Crippen LogP contribution in [0.2, 0.25) is 0 Å². The number of halogens is 2. The molecule has 16 heavy (non-hydrogen) atoms. The SMILES string of the molecule is N#CCC(F)(F)c1ccc2c(c1)CCCO2. The van der Waals surface area contributed by atoms with Crippen LogP contribution in [-0.4, -0.2) is 6.61 Å². The van der Waals surface area contributed by atoms with Gasteiger partial charge in [-0.15, -0.1) is 0 Å². The topological polar surface area (TPSA) is 33.0 Å². The van der Waals surface area contributed by atoms with Gasteiger partial charge in [0.15, 0.2) is 0 Å². The van der Waals surface area contributed by atoms with Crippen LogP contribution < -0.4 is 4.74 Å². The van der Waals surface area contributed by atoms with Crippen molar-refractivity contribution in [3.8, 4) is 11.8 Å². The van der Waals surface area contributed by atoms with Gasteiger partial charge in [-0.3, -0.25) is 0 Å². The number of alkyl halides is 2. The molecule has 2 rings (SSSR count). The predicted octanol–water partition coefficient (Wildman–Crippen LogP) is 3.02. The fourth-order valence-electron chi connectivity index (χ4n) is 1.79. The first-order valence-corrected chi connectivity index (χ1v) is 5.14. The van der Waals surface area contributed by atoms with Gasteiger partial charge in [-0.25, -0.2) is 8.78 Å². The van der Waals surface area contributed by atoms with E-state index in [4.69, 9.17) is 10.00 Å². The molecule has 0 atom stereocenters. The van der Waals surface area contributed by atoms with Crippen LogP contribution in [0.3, 0.4) is 0 Å². The number of nitrogens with zero attached hydrogens (tertiary/aromatic N) is 1. The molecule has 0 spiro atoms. The zero-order valence-corrected chi connectivity index (χ0v) is 8.67. The Morgan fingerprint density at radius 1 is 1.44 bits per heavy atom. The fraction of sp³-hybridized carbons (Fsp3) is 0.417. The summed E-state index contributed by atoms with van der Waals surface area (Å²) in [5, 5.41) is 8.35. The maximum absolute atomic E-state index is 13.5. The Hall–Kier alpha value is -1.63. The van der Waals surface area contributed by atoms with Gasteiger partial charge >= 0.3 is 0 Å². The molecule has 0 aliphatic carbocycles. The van der Waals surface area contributed by atoms with Crippen LogP contribution in [0.15, 0.2) is 18.2 Å². The quantitative estimate of drug-likeness (QED) is 0.772. The molecule has 0 unspecified atom stereocenters. The maximum Gasteiger partial charge on any atom is 0.286 e. The van der Waals surface area contributed by atoms with Crippen molar-refractivity contribution in [2.45, 2.75) is 25.2 Å². The second-order valence-corrected chi connectivity index (χ2v) is 3.81. The summed E-state index contributed by atoms with van der Waals surface area (Å²) >= 11 is 0. The number of fused-ring (bicyclic) bond motifs is 1. The lowest BCUT2D eigenvalue weighted by Gasteiger charge is -2.20. The van der Waals surface area contributed by atoms with Crippen LogP contribution in [0.5, 0.6) is 5.75 Å². The van der Waals surface area contributed by atoms with E-state index in [0.29, 0.717) is 12.4 Å². The molecule has 4 heteroatoms. The van der Waals surface area contributed by atoms with Crippen molar-refractivity contribution >= 4 is 0 Å². The fourth-order valence-corrected chi connectivity index (χ4v) is 1.79. The van der Waals surface area contributed by atoms with Crippen LogP contribution in [0.4, 0.5) is 8.78 Å². The molecule has 0 aromatic heterocycles. The largest absolute Gasteiger partial charge is 0.493 e. The van der Waals surface area contributed by atoms with Crippen molar-refractivity contribution in [1.82, 2.24) is 0 Å². The molecule has 0 saturated heterocycles. The van der Waals surface area contributed by atoms with Crippen molar-refractivity contribution in [2.75, 3.05) is 6.61 Å². The molecule has 0 saturated carbocycles. The van der Waals surface area contributed by atoms with E-state index in [-0.39, 0.29) is 5.56 Å². The molecule has 1 aromatic carbocycles. The lowest BCUT2D eigenvalue weighted by Crippen LogP contribution is -2.15. The van der Waals surface area contributed by atoms with E-state index >= 15 is 0 Å². The number of aryl methyl sites for hydroxylation is 1. The minimum absolute atomic E-state index is 0.0988. The molecule has 1 heterocycles. The normalized spacial score (nSPS) is 14.8. The molecule has 84 valence electrons. The van der Waals surface area contributed by atoms with Gasteiger partial charge < -0.3 is 4.74 Å². The highest BCUT2D eigenvalue weighted by atomic mass is 19.3. The first kappa shape index (κ1) is 10.9. The molecule has 2 nitrogen and oxygen atoms in total. The van der Waals surface area contributed by atoms with Crippen molar-refractivity contribution in [1.29, 1.82) is 5.26 Å². The van der Waals surface area contributed by atoms with Gasteiger partial charge in [-0.05, 0) is 36.6 Å². The molecule has 1 aliphatic heterocycles. The molecule has 0 fully saturated rings. The minimum atomic E-state index is -3.07. The summed E-state index contributed by atoms with van der Waals surface area (Å²) in [6.07, 6.45) is 0.818. The minimum Gasteiger partial charge on any atom is -0.493 e. The highest BCUT2D eigenvalue weighted by Crippen LogP contribution is 2.35. The third-order valence-electron chi connectivity index (χ3n) is 2.63. The number of hydrogen-bond donors (Lipinski definition) is 0. The number of rotatable bonds is 2. The molecule has 0 amide bonds. The van der Waals surface area contributed by atoms with Crippen molar-refractivity contribution in [2.24, 2.45) is 0 Å². The first-order chi connectivity index (χ1) is 7.63. The van der Waals surface area contributed by atoms with E-state index in [0.717, 1.165) is 18.4 Å². The van der Waals surface area contributed by atoms with E-state index in [1.807, 2.05) is 0 Å². The van der Waals surface area contributed by atoms with Crippen molar-refractivity contribution < 1.29 is 13.5 Å². The van der Waals surface area contributed by atoms with Gasteiger partial charge in [0.05, 0.1) is 12.7 Å². The van der Waals surface area contributed by atoms with Crippen LogP contribution >= 0.6 is 0 Å². The number of benzene rings is 1. The average Bonchev–Trinajstić information content (AvgIpc) is 2.28. The highest BCUT2D eigenvalue weighted by molar-refractivity contribution is 5.40. The van der Waals surface area contributed by atoms with Gasteiger partial charge in [0, 0.05) is 5.56 Å². The summed E-state index contributed by atoms with van der Waals surface area (Å²) in [6, 6.07) is 5.85. The van der Waals surface area contributed by atoms with Gasteiger partial charge in [0.25, 0.3) is 5.92 Å². The predicted molar refractivity (Wildman–Crippen MR) is 54.4 cm³/mol. The van der Waals surface area contributed by atoms with E-state index in [1.165, 1.54) is 18.2 Å². The average molecular weight is 223 g/mol. The number of ether oxygens (including phenoxy) is 1. The third kappa shape index (κ3) is 1.99. The molecule has 0 bridgehead atoms. The van der Waals surface area contributed by atoms with E-state index < -0.39 is 12.3 Å². The van der Waals surface area contributed by atoms with E-state index in [2.05, 4.69) is 0 Å². The summed E-state index contributed by atoms with van der Waals surface area (Å²) in [5.41, 5.74) is 0.708. The van der Waals surface area contributed by atoms with Crippen LogP contribution in [0.25, 0.3) is 0 Å². The lowest BCUT2D eigenvalue weighted by molar-refractivity contribution is 0.000786. The summed E-state index contributed by atoms with van der Waals surface area (Å²) in [7, 11) is 0.